The minimum atomic E-state index is -0.427. The second-order valence-electron chi connectivity index (χ2n) is 17.6. The van der Waals surface area contributed by atoms with E-state index in [1.165, 1.54) is 22.9 Å². The van der Waals surface area contributed by atoms with Gasteiger partial charge in [0.05, 0.1) is 89.7 Å². The average molecular weight is 1030 g/mol. The van der Waals surface area contributed by atoms with E-state index in [2.05, 4.69) is 45.7 Å². The van der Waals surface area contributed by atoms with Crippen LogP contribution in [0.25, 0.3) is 22.3 Å². The lowest BCUT2D eigenvalue weighted by atomic mass is 9.94. The van der Waals surface area contributed by atoms with Gasteiger partial charge >= 0.3 is 0 Å². The molecule has 3 amide bonds. The molecule has 3 heterocycles. The number of Topliss-reactive ketones (excluding diaryl/α,β-unsaturated/α-hetero) is 1. The number of nitrogens with one attached hydrogen (secondary N) is 4. The normalized spacial score (nSPS) is 14.3. The topological polar surface area (TPSA) is 205 Å². The molecular weight excluding hydrogens is 966 g/mol. The van der Waals surface area contributed by atoms with Crippen LogP contribution >= 0.6 is 11.9 Å². The number of ether oxygens (including phenoxy) is 5. The summed E-state index contributed by atoms with van der Waals surface area (Å²) in [7, 11) is 0. The third-order valence-electron chi connectivity index (χ3n) is 12.2. The maximum absolute atomic E-state index is 15.6. The summed E-state index contributed by atoms with van der Waals surface area (Å²) in [4.78, 5) is 57.7. The highest BCUT2D eigenvalue weighted by molar-refractivity contribution is 8.00. The molecule has 1 saturated heterocycles. The summed E-state index contributed by atoms with van der Waals surface area (Å²) in [5, 5.41) is 9.20. The Bertz CT molecular complexity index is 2830. The fourth-order valence-corrected chi connectivity index (χ4v) is 9.17. The second-order valence-corrected chi connectivity index (χ2v) is 18.4. The van der Waals surface area contributed by atoms with Gasteiger partial charge in [0.2, 0.25) is 5.91 Å². The SMILES string of the molecule is C=C1CCC(N2C(=O)c3cccc(NCCOCCOCCOCCOCCOCCC(=O)Nc4cccc(NSc5ccc(-c6cnc(N)c(-c7ccc(C(C)=O)c(CCC)c7)c6)c(F)c5)c4)c3C2=O)C(=C)N1. The number of amides is 3. The molecule has 0 radical (unpaired) electrons. The van der Waals surface area contributed by atoms with E-state index in [0.29, 0.717) is 146 Å². The van der Waals surface area contributed by atoms with Gasteiger partial charge in [0.25, 0.3) is 11.8 Å². The van der Waals surface area contributed by atoms with E-state index in [-0.39, 0.29) is 36.5 Å². The predicted octanol–water partition coefficient (Wildman–Crippen LogP) is 9.31. The van der Waals surface area contributed by atoms with Crippen molar-refractivity contribution in [3.8, 4) is 22.3 Å². The number of nitrogens with two attached hydrogens (primary N) is 1. The number of aryl methyl sites for hydroxylation is 1. The maximum Gasteiger partial charge on any atom is 0.264 e. The van der Waals surface area contributed by atoms with E-state index < -0.39 is 11.9 Å². The third-order valence-corrected chi connectivity index (χ3v) is 13.0. The fourth-order valence-electron chi connectivity index (χ4n) is 8.51. The van der Waals surface area contributed by atoms with Crippen molar-refractivity contribution in [3.05, 3.63) is 144 Å². The van der Waals surface area contributed by atoms with Gasteiger partial charge in [0, 0.05) is 68.3 Å². The van der Waals surface area contributed by atoms with Crippen molar-refractivity contribution in [1.29, 1.82) is 0 Å². The standard InChI is InChI=1S/C56H64FN7O9S/c1-5-8-39-31-40(14-16-45(39)38(4)65)48-32-41(35-60-54(48)58)46-17-15-44(34-49(46)57)74-63-43-10-6-9-42(33-43)62-52(66)19-21-69-23-25-71-27-29-73-30-28-72-26-24-70-22-20-59-50-12-7-11-47-53(50)56(68)64(55(47)67)51-18-13-36(2)61-37(51)3/h6-7,9-12,14-17,31-35,51,59,61,63H,2-3,5,8,13,18-30H2,1,4H3,(H2,58,60)(H,62,66). The molecule has 4 aromatic carbocycles. The molecule has 5 aromatic rings. The Morgan fingerprint density at radius 2 is 1.49 bits per heavy atom. The Hall–Kier alpha value is -6.93. The molecule has 0 saturated carbocycles. The molecule has 74 heavy (non-hydrogen) atoms. The van der Waals surface area contributed by atoms with E-state index >= 15 is 4.39 Å². The number of carbonyl (C=O) groups excluding carboxylic acids is 4. The Kier molecular flexibility index (Phi) is 20.3. The van der Waals surface area contributed by atoms with Crippen LogP contribution in [0.4, 0.5) is 27.3 Å². The number of nitrogen functional groups attached to an aromatic ring is 1. The molecule has 1 aromatic heterocycles. The molecule has 6 N–H and O–H groups in total. The number of imide groups is 1. The summed E-state index contributed by atoms with van der Waals surface area (Å²) in [5.74, 6) is -0.966. The Morgan fingerprint density at radius 3 is 2.18 bits per heavy atom. The smallest absolute Gasteiger partial charge is 0.264 e. The van der Waals surface area contributed by atoms with E-state index in [1.54, 1.807) is 49.5 Å². The molecule has 0 aliphatic carbocycles. The number of allylic oxidation sites excluding steroid dienone is 1. The van der Waals surface area contributed by atoms with Crippen LogP contribution in [0.5, 0.6) is 0 Å². The summed E-state index contributed by atoms with van der Waals surface area (Å²) >= 11 is 1.24. The number of ketones is 1. The van der Waals surface area contributed by atoms with Gasteiger partial charge in [-0.05, 0) is 97.8 Å². The van der Waals surface area contributed by atoms with Gasteiger partial charge in [-0.1, -0.05) is 62.9 Å². The van der Waals surface area contributed by atoms with Gasteiger partial charge in [0.1, 0.15) is 11.6 Å². The zero-order chi connectivity index (χ0) is 52.4. The summed E-state index contributed by atoms with van der Waals surface area (Å²) in [6.07, 6.45) is 4.58. The second kappa shape index (κ2) is 27.4. The van der Waals surface area contributed by atoms with E-state index in [1.807, 2.05) is 42.5 Å². The fraction of sp³-hybridized carbons (Fsp3) is 0.339. The minimum Gasteiger partial charge on any atom is -0.383 e. The molecule has 18 heteroatoms. The quantitative estimate of drug-likeness (QED) is 0.0131. The number of fused-ring (bicyclic) bond motifs is 1. The van der Waals surface area contributed by atoms with Crippen LogP contribution in [0.1, 0.15) is 76.2 Å². The monoisotopic (exact) mass is 1030 g/mol. The van der Waals surface area contributed by atoms with E-state index in [9.17, 15) is 19.2 Å². The number of pyridine rings is 1. The predicted molar refractivity (Wildman–Crippen MR) is 287 cm³/mol. The van der Waals surface area contributed by atoms with Crippen molar-refractivity contribution in [2.75, 3.05) is 93.7 Å². The number of hydrogen-bond donors (Lipinski definition) is 5. The first-order chi connectivity index (χ1) is 35.9. The first kappa shape index (κ1) is 54.8. The molecule has 2 aliphatic heterocycles. The number of anilines is 4. The molecule has 0 bridgehead atoms. The maximum atomic E-state index is 15.6. The van der Waals surface area contributed by atoms with Crippen LogP contribution in [0.15, 0.2) is 121 Å². The number of halogens is 1. The molecule has 1 atom stereocenters. The van der Waals surface area contributed by atoms with Crippen LogP contribution in [-0.4, -0.2) is 112 Å². The Morgan fingerprint density at radius 1 is 0.797 bits per heavy atom. The summed E-state index contributed by atoms with van der Waals surface area (Å²) in [5.41, 5.74) is 14.4. The number of rotatable bonds is 29. The number of aromatic nitrogens is 1. The van der Waals surface area contributed by atoms with Gasteiger partial charge < -0.3 is 50.1 Å². The van der Waals surface area contributed by atoms with Gasteiger partial charge in [0.15, 0.2) is 5.78 Å². The Labute approximate surface area is 435 Å². The lowest BCUT2D eigenvalue weighted by Gasteiger charge is -2.33. The lowest BCUT2D eigenvalue weighted by molar-refractivity contribution is -0.117. The highest BCUT2D eigenvalue weighted by Crippen LogP contribution is 2.36. The first-order valence-corrected chi connectivity index (χ1v) is 25.5. The molecular formula is C56H64FN7O9S. The number of hydrogen-bond acceptors (Lipinski definition) is 15. The van der Waals surface area contributed by atoms with Crippen molar-refractivity contribution in [3.63, 3.8) is 0 Å². The van der Waals surface area contributed by atoms with Crippen molar-refractivity contribution in [1.82, 2.24) is 15.2 Å². The van der Waals surface area contributed by atoms with Crippen LogP contribution < -0.4 is 26.4 Å². The van der Waals surface area contributed by atoms with Crippen LogP contribution in [0.2, 0.25) is 0 Å². The van der Waals surface area contributed by atoms with Gasteiger partial charge in [-0.25, -0.2) is 9.37 Å². The summed E-state index contributed by atoms with van der Waals surface area (Å²) in [6, 6.07) is 24.4. The largest absolute Gasteiger partial charge is 0.383 e. The van der Waals surface area contributed by atoms with Crippen molar-refractivity contribution >= 4 is 58.3 Å². The van der Waals surface area contributed by atoms with Gasteiger partial charge in [-0.15, -0.1) is 0 Å². The van der Waals surface area contributed by atoms with E-state index in [4.69, 9.17) is 29.4 Å². The number of benzene rings is 4. The molecule has 0 spiro atoms. The minimum absolute atomic E-state index is 0.00507. The summed E-state index contributed by atoms with van der Waals surface area (Å²) in [6.45, 7) is 15.6. The van der Waals surface area contributed by atoms with Crippen molar-refractivity contribution in [2.24, 2.45) is 0 Å². The van der Waals surface area contributed by atoms with Gasteiger partial charge in [-0.2, -0.15) is 0 Å². The zero-order valence-electron chi connectivity index (χ0n) is 41.9. The van der Waals surface area contributed by atoms with Crippen molar-refractivity contribution < 1.29 is 47.3 Å². The van der Waals surface area contributed by atoms with E-state index in [0.717, 1.165) is 29.7 Å². The molecule has 2 aliphatic rings. The lowest BCUT2D eigenvalue weighted by Crippen LogP contribution is -2.46. The van der Waals surface area contributed by atoms with Crippen LogP contribution in [0.3, 0.4) is 0 Å². The summed E-state index contributed by atoms with van der Waals surface area (Å²) < 4.78 is 46.8. The molecule has 390 valence electrons. The Balaban J connectivity index is 0.699. The molecule has 1 fully saturated rings. The average Bonchev–Trinajstić information content (AvgIpc) is 3.64. The zero-order valence-corrected chi connectivity index (χ0v) is 42.7. The number of nitrogens with zero attached hydrogens (tertiary/aromatic N) is 2. The number of piperidine rings is 1. The molecule has 1 unspecified atom stereocenters. The first-order valence-electron chi connectivity index (χ1n) is 24.7. The third kappa shape index (κ3) is 14.9. The van der Waals surface area contributed by atoms with Crippen molar-refractivity contribution in [2.45, 2.75) is 56.9 Å². The number of carbonyl (C=O) groups is 4. The van der Waals surface area contributed by atoms with Crippen LogP contribution in [0, 0.1) is 5.82 Å². The highest BCUT2D eigenvalue weighted by atomic mass is 32.2. The molecule has 7 rings (SSSR count). The van der Waals surface area contributed by atoms with Gasteiger partial charge in [-0.3, -0.25) is 24.1 Å². The van der Waals surface area contributed by atoms with Crippen LogP contribution in [-0.2, 0) is 34.9 Å². The molecule has 16 nitrogen and oxygen atoms in total. The highest BCUT2D eigenvalue weighted by Gasteiger charge is 2.43.